The first-order valence-corrected chi connectivity index (χ1v) is 7.74. The lowest BCUT2D eigenvalue weighted by Gasteiger charge is -2.09. The van der Waals surface area contributed by atoms with Gasteiger partial charge in [-0.2, -0.15) is 4.98 Å². The summed E-state index contributed by atoms with van der Waals surface area (Å²) in [5.41, 5.74) is 1.61. The Morgan fingerprint density at radius 2 is 2.26 bits per heavy atom. The van der Waals surface area contributed by atoms with Gasteiger partial charge in [0, 0.05) is 10.7 Å². The lowest BCUT2D eigenvalue weighted by Crippen LogP contribution is -2.16. The molecular formula is C18H17N3OS. The van der Waals surface area contributed by atoms with Crippen LogP contribution in [0.1, 0.15) is 23.5 Å². The first-order valence-electron chi connectivity index (χ1n) is 6.93. The van der Waals surface area contributed by atoms with Gasteiger partial charge in [-0.3, -0.25) is 0 Å². The van der Waals surface area contributed by atoms with Crippen LogP contribution < -0.4 is 14.6 Å². The van der Waals surface area contributed by atoms with Gasteiger partial charge in [0.2, 0.25) is 0 Å². The number of thiazole rings is 1. The molecule has 0 saturated carbocycles. The van der Waals surface area contributed by atoms with Crippen molar-refractivity contribution in [3.63, 3.8) is 0 Å². The van der Waals surface area contributed by atoms with Crippen molar-refractivity contribution in [2.45, 2.75) is 12.8 Å². The maximum absolute atomic E-state index is 5.66. The van der Waals surface area contributed by atoms with Crippen LogP contribution in [0.15, 0.2) is 36.6 Å². The highest BCUT2D eigenvalue weighted by molar-refractivity contribution is 7.09. The summed E-state index contributed by atoms with van der Waals surface area (Å²) >= 11 is 1.42. The van der Waals surface area contributed by atoms with E-state index in [1.165, 1.54) is 11.3 Å². The maximum atomic E-state index is 5.66. The van der Waals surface area contributed by atoms with E-state index in [0.717, 1.165) is 15.1 Å². The van der Waals surface area contributed by atoms with Gasteiger partial charge in [0.25, 0.3) is 0 Å². The summed E-state index contributed by atoms with van der Waals surface area (Å²) < 4.78 is 6.38. The standard InChI is InChI=1S/C18H17N3OS/c1-6-14(7-2)11-22-18-19-10-9-16(21-18)15(8-3)17-20-12(4)13(5)23-17/h3,6-7,9-10,15H,1,4-5,11H2,2H3. The second-order valence-corrected chi connectivity index (χ2v) is 5.76. The summed E-state index contributed by atoms with van der Waals surface area (Å²) in [7, 11) is 0. The van der Waals surface area contributed by atoms with Crippen LogP contribution in [0.3, 0.4) is 0 Å². The zero-order valence-corrected chi connectivity index (χ0v) is 13.8. The van der Waals surface area contributed by atoms with Gasteiger partial charge in [-0.1, -0.05) is 37.8 Å². The quantitative estimate of drug-likeness (QED) is 0.603. The van der Waals surface area contributed by atoms with Gasteiger partial charge in [0.05, 0.1) is 11.0 Å². The fraction of sp³-hybridized carbons (Fsp3) is 0.167. The van der Waals surface area contributed by atoms with Crippen LogP contribution in [0, 0.1) is 12.3 Å². The van der Waals surface area contributed by atoms with E-state index in [2.05, 4.69) is 40.6 Å². The van der Waals surface area contributed by atoms with Crippen LogP contribution in [-0.4, -0.2) is 21.6 Å². The van der Waals surface area contributed by atoms with Crippen LogP contribution in [0.25, 0.3) is 13.2 Å². The van der Waals surface area contributed by atoms with Gasteiger partial charge in [-0.15, -0.1) is 17.8 Å². The Morgan fingerprint density at radius 3 is 2.83 bits per heavy atom. The fourth-order valence-electron chi connectivity index (χ4n) is 1.80. The highest BCUT2D eigenvalue weighted by atomic mass is 32.1. The minimum atomic E-state index is -0.373. The van der Waals surface area contributed by atoms with Gasteiger partial charge in [-0.25, -0.2) is 9.97 Å². The highest BCUT2D eigenvalue weighted by Crippen LogP contribution is 2.22. The normalized spacial score (nSPS) is 12.4. The summed E-state index contributed by atoms with van der Waals surface area (Å²) in [6.45, 7) is 13.7. The van der Waals surface area contributed by atoms with Crippen molar-refractivity contribution in [3.05, 3.63) is 57.2 Å². The maximum Gasteiger partial charge on any atom is 0.316 e. The van der Waals surface area contributed by atoms with Crippen LogP contribution in [0.4, 0.5) is 0 Å². The van der Waals surface area contributed by atoms with E-state index in [0.29, 0.717) is 17.6 Å². The van der Waals surface area contributed by atoms with Crippen molar-refractivity contribution in [1.29, 1.82) is 0 Å². The summed E-state index contributed by atoms with van der Waals surface area (Å²) in [4.78, 5) is 12.9. The van der Waals surface area contributed by atoms with Gasteiger partial charge in [0.1, 0.15) is 17.5 Å². The molecule has 0 spiro atoms. The number of nitrogens with zero attached hydrogens (tertiary/aromatic N) is 3. The second kappa shape index (κ2) is 7.52. The van der Waals surface area contributed by atoms with E-state index in [-0.39, 0.29) is 11.9 Å². The zero-order chi connectivity index (χ0) is 16.8. The number of rotatable bonds is 6. The van der Waals surface area contributed by atoms with Crippen LogP contribution in [-0.2, 0) is 0 Å². The van der Waals surface area contributed by atoms with E-state index in [4.69, 9.17) is 11.2 Å². The molecule has 2 heterocycles. The first kappa shape index (κ1) is 16.7. The molecule has 116 valence electrons. The molecule has 0 fully saturated rings. The molecule has 2 aromatic rings. The Bertz CT molecular complexity index is 849. The molecule has 23 heavy (non-hydrogen) atoms. The summed E-state index contributed by atoms with van der Waals surface area (Å²) in [5.74, 6) is 2.34. The van der Waals surface area contributed by atoms with Gasteiger partial charge in [0.15, 0.2) is 0 Å². The molecule has 0 aliphatic heterocycles. The van der Waals surface area contributed by atoms with Crippen molar-refractivity contribution in [1.82, 2.24) is 15.0 Å². The zero-order valence-electron chi connectivity index (χ0n) is 13.0. The monoisotopic (exact) mass is 323 g/mol. The summed E-state index contributed by atoms with van der Waals surface area (Å²) in [5, 5.41) is 1.38. The molecule has 0 amide bonds. The van der Waals surface area contributed by atoms with Crippen LogP contribution >= 0.6 is 11.3 Å². The van der Waals surface area contributed by atoms with E-state index in [9.17, 15) is 0 Å². The Labute approximate surface area is 139 Å². The molecule has 0 saturated heterocycles. The van der Waals surface area contributed by atoms with Crippen LogP contribution in [0.2, 0.25) is 0 Å². The topological polar surface area (TPSA) is 47.9 Å². The van der Waals surface area contributed by atoms with Crippen molar-refractivity contribution < 1.29 is 4.74 Å². The molecule has 0 bridgehead atoms. The van der Waals surface area contributed by atoms with Crippen LogP contribution in [0.5, 0.6) is 6.01 Å². The van der Waals surface area contributed by atoms with E-state index < -0.39 is 0 Å². The number of allylic oxidation sites excluding steroid dienone is 1. The first-order chi connectivity index (χ1) is 11.1. The second-order valence-electron chi connectivity index (χ2n) is 4.64. The Hall–Kier alpha value is -2.71. The molecule has 0 aliphatic carbocycles. The molecule has 0 aromatic carbocycles. The lowest BCUT2D eigenvalue weighted by atomic mass is 10.1. The average Bonchev–Trinajstić information content (AvgIpc) is 2.88. The number of terminal acetylenes is 1. The Balaban J connectivity index is 2.27. The van der Waals surface area contributed by atoms with Crippen molar-refractivity contribution in [2.75, 3.05) is 6.61 Å². The molecule has 1 atom stereocenters. The van der Waals surface area contributed by atoms with Crippen molar-refractivity contribution >= 4 is 24.5 Å². The Morgan fingerprint density at radius 1 is 1.48 bits per heavy atom. The summed E-state index contributed by atoms with van der Waals surface area (Å²) in [6, 6.07) is 2.03. The molecule has 5 heteroatoms. The molecule has 2 aromatic heterocycles. The average molecular weight is 323 g/mol. The molecule has 2 rings (SSSR count). The van der Waals surface area contributed by atoms with Gasteiger partial charge in [-0.05, 0) is 18.6 Å². The number of hydrogen-bond acceptors (Lipinski definition) is 5. The third kappa shape index (κ3) is 3.93. The van der Waals surface area contributed by atoms with Crippen molar-refractivity contribution in [2.24, 2.45) is 0 Å². The molecule has 0 aliphatic rings. The fourth-order valence-corrected chi connectivity index (χ4v) is 2.68. The van der Waals surface area contributed by atoms with E-state index >= 15 is 0 Å². The smallest absolute Gasteiger partial charge is 0.316 e. The molecule has 4 nitrogen and oxygen atoms in total. The predicted octanol–water partition coefficient (Wildman–Crippen LogP) is 2.03. The van der Waals surface area contributed by atoms with Crippen molar-refractivity contribution in [3.8, 4) is 18.4 Å². The molecular weight excluding hydrogens is 306 g/mol. The molecule has 1 unspecified atom stereocenters. The number of aromatic nitrogens is 3. The number of hydrogen-bond donors (Lipinski definition) is 0. The van der Waals surface area contributed by atoms with E-state index in [1.807, 2.05) is 13.0 Å². The minimum Gasteiger partial charge on any atom is -0.459 e. The third-order valence-corrected chi connectivity index (χ3v) is 4.18. The number of ether oxygens (including phenoxy) is 1. The largest absolute Gasteiger partial charge is 0.459 e. The van der Waals surface area contributed by atoms with Gasteiger partial charge < -0.3 is 4.74 Å². The minimum absolute atomic E-state index is 0.269. The third-order valence-electron chi connectivity index (χ3n) is 3.16. The Kier molecular flexibility index (Phi) is 5.45. The predicted molar refractivity (Wildman–Crippen MR) is 94.6 cm³/mol. The summed E-state index contributed by atoms with van der Waals surface area (Å²) in [6.07, 6.45) is 10.9. The molecule has 0 radical (unpaired) electrons. The van der Waals surface area contributed by atoms with Gasteiger partial charge >= 0.3 is 6.01 Å². The lowest BCUT2D eigenvalue weighted by molar-refractivity contribution is 0.325. The molecule has 0 N–H and O–H groups in total. The van der Waals surface area contributed by atoms with E-state index in [1.54, 1.807) is 18.3 Å². The SMILES string of the molecule is C#CC(c1ccnc(OCC(C=C)=CC)n1)c1nc(=C)c(=C)s1. The highest BCUT2D eigenvalue weighted by Gasteiger charge is 2.17.